The molecule has 0 saturated heterocycles. The molecule has 118 valence electrons. The summed E-state index contributed by atoms with van der Waals surface area (Å²) >= 11 is 1.74. The first-order chi connectivity index (χ1) is 11.8. The minimum absolute atomic E-state index is 0.854. The Morgan fingerprint density at radius 2 is 1.83 bits per heavy atom. The zero-order valence-corrected chi connectivity index (χ0v) is 14.3. The van der Waals surface area contributed by atoms with Gasteiger partial charge in [0.15, 0.2) is 0 Å². The van der Waals surface area contributed by atoms with Crippen molar-refractivity contribution in [1.29, 1.82) is 0 Å². The molecule has 0 aliphatic carbocycles. The zero-order chi connectivity index (χ0) is 16.5. The molecule has 3 nitrogen and oxygen atoms in total. The standard InChI is InChI=1S/C20H16N2OS/c1-23-15-4-5-17-13(11-15)7-10-22-20(17)19-16-8-9-21-12-14(16)3-6-18(19)24-2/h3-12H,1-2H3. The largest absolute Gasteiger partial charge is 0.497 e. The van der Waals surface area contributed by atoms with E-state index in [-0.39, 0.29) is 0 Å². The number of aromatic nitrogens is 2. The minimum atomic E-state index is 0.854. The highest BCUT2D eigenvalue weighted by atomic mass is 32.2. The molecule has 2 aromatic heterocycles. The van der Waals surface area contributed by atoms with Gasteiger partial charge in [0.2, 0.25) is 0 Å². The van der Waals surface area contributed by atoms with E-state index in [4.69, 9.17) is 9.72 Å². The van der Waals surface area contributed by atoms with Gasteiger partial charge in [-0.05, 0) is 53.4 Å². The number of hydrogen-bond donors (Lipinski definition) is 0. The maximum Gasteiger partial charge on any atom is 0.119 e. The summed E-state index contributed by atoms with van der Waals surface area (Å²) in [6, 6.07) is 14.5. The molecule has 0 atom stereocenters. The van der Waals surface area contributed by atoms with Crippen LogP contribution in [0.3, 0.4) is 0 Å². The van der Waals surface area contributed by atoms with Gasteiger partial charge in [-0.15, -0.1) is 11.8 Å². The SMILES string of the molecule is COc1ccc2c(-c3c(SC)ccc4cnccc34)nccc2c1. The number of hydrogen-bond acceptors (Lipinski definition) is 4. The van der Waals surface area contributed by atoms with Crippen molar-refractivity contribution in [2.45, 2.75) is 4.90 Å². The van der Waals surface area contributed by atoms with Gasteiger partial charge in [0, 0.05) is 39.8 Å². The highest BCUT2D eigenvalue weighted by Crippen LogP contribution is 2.39. The molecule has 2 heterocycles. The lowest BCUT2D eigenvalue weighted by atomic mass is 9.99. The third kappa shape index (κ3) is 2.39. The number of nitrogens with zero attached hydrogens (tertiary/aromatic N) is 2. The molecule has 4 rings (SSSR count). The van der Waals surface area contributed by atoms with E-state index in [1.165, 1.54) is 10.3 Å². The van der Waals surface area contributed by atoms with E-state index >= 15 is 0 Å². The van der Waals surface area contributed by atoms with E-state index in [0.29, 0.717) is 0 Å². The molecule has 4 heteroatoms. The maximum absolute atomic E-state index is 5.35. The number of rotatable bonds is 3. The molecule has 2 aromatic carbocycles. The first-order valence-corrected chi connectivity index (χ1v) is 8.88. The Morgan fingerprint density at radius 3 is 2.67 bits per heavy atom. The van der Waals surface area contributed by atoms with E-state index in [2.05, 4.69) is 35.5 Å². The van der Waals surface area contributed by atoms with Crippen molar-refractivity contribution in [3.63, 3.8) is 0 Å². The second-order valence-corrected chi connectivity index (χ2v) is 6.33. The number of fused-ring (bicyclic) bond motifs is 2. The van der Waals surface area contributed by atoms with Crippen molar-refractivity contribution in [2.24, 2.45) is 0 Å². The van der Waals surface area contributed by atoms with Crippen molar-refractivity contribution in [3.05, 3.63) is 61.1 Å². The highest BCUT2D eigenvalue weighted by Gasteiger charge is 2.14. The lowest BCUT2D eigenvalue weighted by molar-refractivity contribution is 0.415. The summed E-state index contributed by atoms with van der Waals surface area (Å²) in [5.41, 5.74) is 2.16. The second kappa shape index (κ2) is 6.13. The first kappa shape index (κ1) is 15.0. The van der Waals surface area contributed by atoms with Gasteiger partial charge in [-0.25, -0.2) is 0 Å². The van der Waals surface area contributed by atoms with Crippen LogP contribution >= 0.6 is 11.8 Å². The fraction of sp³-hybridized carbons (Fsp3) is 0.100. The van der Waals surface area contributed by atoms with E-state index in [1.807, 2.05) is 36.8 Å². The Hall–Kier alpha value is -2.59. The van der Waals surface area contributed by atoms with Crippen LogP contribution in [0.2, 0.25) is 0 Å². The fourth-order valence-corrected chi connectivity index (χ4v) is 3.66. The van der Waals surface area contributed by atoms with E-state index in [1.54, 1.807) is 18.9 Å². The molecule has 0 bridgehead atoms. The molecule has 0 fully saturated rings. The monoisotopic (exact) mass is 332 g/mol. The summed E-state index contributed by atoms with van der Waals surface area (Å²) < 4.78 is 5.35. The summed E-state index contributed by atoms with van der Waals surface area (Å²) in [6.07, 6.45) is 7.70. The summed E-state index contributed by atoms with van der Waals surface area (Å²) in [5.74, 6) is 0.854. The average Bonchev–Trinajstić information content (AvgIpc) is 2.66. The third-order valence-electron chi connectivity index (χ3n) is 4.21. The predicted octanol–water partition coefficient (Wildman–Crippen LogP) is 5.18. The van der Waals surface area contributed by atoms with Gasteiger partial charge in [0.05, 0.1) is 12.8 Å². The molecule has 0 saturated carbocycles. The van der Waals surface area contributed by atoms with Crippen molar-refractivity contribution in [3.8, 4) is 17.0 Å². The first-order valence-electron chi connectivity index (χ1n) is 7.65. The smallest absolute Gasteiger partial charge is 0.119 e. The molecule has 4 aromatic rings. The Morgan fingerprint density at radius 1 is 0.917 bits per heavy atom. The number of ether oxygens (including phenoxy) is 1. The van der Waals surface area contributed by atoms with Crippen LogP contribution in [0.5, 0.6) is 5.75 Å². The van der Waals surface area contributed by atoms with Crippen LogP contribution in [0.4, 0.5) is 0 Å². The maximum atomic E-state index is 5.35. The van der Waals surface area contributed by atoms with Crippen LogP contribution in [-0.4, -0.2) is 23.3 Å². The zero-order valence-electron chi connectivity index (χ0n) is 13.5. The predicted molar refractivity (Wildman–Crippen MR) is 101 cm³/mol. The number of pyridine rings is 2. The van der Waals surface area contributed by atoms with Gasteiger partial charge in [-0.2, -0.15) is 0 Å². The van der Waals surface area contributed by atoms with Crippen LogP contribution in [0.1, 0.15) is 0 Å². The highest BCUT2D eigenvalue weighted by molar-refractivity contribution is 7.98. The molecule has 0 aliphatic heterocycles. The van der Waals surface area contributed by atoms with Crippen LogP contribution in [-0.2, 0) is 0 Å². The summed E-state index contributed by atoms with van der Waals surface area (Å²) in [4.78, 5) is 10.2. The van der Waals surface area contributed by atoms with E-state index in [0.717, 1.165) is 33.2 Å². The van der Waals surface area contributed by atoms with Crippen molar-refractivity contribution in [1.82, 2.24) is 9.97 Å². The molecule has 0 N–H and O–H groups in total. The minimum Gasteiger partial charge on any atom is -0.497 e. The van der Waals surface area contributed by atoms with Crippen molar-refractivity contribution >= 4 is 33.3 Å². The Kier molecular flexibility index (Phi) is 3.82. The van der Waals surface area contributed by atoms with E-state index in [9.17, 15) is 0 Å². The van der Waals surface area contributed by atoms with Crippen LogP contribution in [0, 0.1) is 0 Å². The molecule has 0 spiro atoms. The molecule has 24 heavy (non-hydrogen) atoms. The summed E-state index contributed by atoms with van der Waals surface area (Å²) in [6.45, 7) is 0. The lowest BCUT2D eigenvalue weighted by Crippen LogP contribution is -1.91. The van der Waals surface area contributed by atoms with Gasteiger partial charge in [0.25, 0.3) is 0 Å². The summed E-state index contributed by atoms with van der Waals surface area (Å²) in [5, 5.41) is 4.54. The van der Waals surface area contributed by atoms with E-state index < -0.39 is 0 Å². The topological polar surface area (TPSA) is 35.0 Å². The van der Waals surface area contributed by atoms with Crippen molar-refractivity contribution < 1.29 is 4.74 Å². The second-order valence-electron chi connectivity index (χ2n) is 5.49. The molecule has 0 radical (unpaired) electrons. The normalized spacial score (nSPS) is 11.1. The van der Waals surface area contributed by atoms with Gasteiger partial charge in [0.1, 0.15) is 5.75 Å². The van der Waals surface area contributed by atoms with Crippen LogP contribution in [0.15, 0.2) is 66.0 Å². The Labute approximate surface area is 144 Å². The summed E-state index contributed by atoms with van der Waals surface area (Å²) in [7, 11) is 1.69. The van der Waals surface area contributed by atoms with Gasteiger partial charge < -0.3 is 4.74 Å². The number of methoxy groups -OCH3 is 1. The molecule has 0 amide bonds. The molecular formula is C20H16N2OS. The molecular weight excluding hydrogens is 316 g/mol. The van der Waals surface area contributed by atoms with Crippen LogP contribution < -0.4 is 4.74 Å². The number of thioether (sulfide) groups is 1. The lowest BCUT2D eigenvalue weighted by Gasteiger charge is -2.13. The average molecular weight is 332 g/mol. The molecule has 0 unspecified atom stereocenters. The Bertz CT molecular complexity index is 1050. The number of benzene rings is 2. The van der Waals surface area contributed by atoms with Gasteiger partial charge in [-0.3, -0.25) is 9.97 Å². The van der Waals surface area contributed by atoms with Crippen LogP contribution in [0.25, 0.3) is 32.8 Å². The van der Waals surface area contributed by atoms with Gasteiger partial charge >= 0.3 is 0 Å². The quantitative estimate of drug-likeness (QED) is 0.484. The third-order valence-corrected chi connectivity index (χ3v) is 4.99. The van der Waals surface area contributed by atoms with Crippen molar-refractivity contribution in [2.75, 3.05) is 13.4 Å². The Balaban J connectivity index is 2.09. The molecule has 0 aliphatic rings. The fourth-order valence-electron chi connectivity index (χ4n) is 3.05. The van der Waals surface area contributed by atoms with Gasteiger partial charge in [-0.1, -0.05) is 6.07 Å².